The van der Waals surface area contributed by atoms with Crippen molar-refractivity contribution in [2.24, 2.45) is 0 Å². The van der Waals surface area contributed by atoms with Crippen LogP contribution in [0.2, 0.25) is 0 Å². The maximum absolute atomic E-state index is 6.44. The molecule has 1 aliphatic rings. The predicted molar refractivity (Wildman–Crippen MR) is 237 cm³/mol. The van der Waals surface area contributed by atoms with Crippen LogP contribution in [0.25, 0.3) is 83.3 Å². The van der Waals surface area contributed by atoms with Gasteiger partial charge < -0.3 is 8.98 Å². The van der Waals surface area contributed by atoms with Crippen LogP contribution in [0.15, 0.2) is 205 Å². The van der Waals surface area contributed by atoms with Gasteiger partial charge >= 0.3 is 0 Å². The molecular weight excluding hydrogens is 711 g/mol. The molecule has 4 heterocycles. The number of nitrogens with zero attached hydrogens (tertiary/aromatic N) is 3. The van der Waals surface area contributed by atoms with Crippen LogP contribution >= 0.6 is 0 Å². The smallest absolute Gasteiger partial charge is 0.185 e. The molecule has 5 heteroatoms. The normalized spacial score (nSPS) is 13.1. The van der Waals surface area contributed by atoms with Crippen LogP contribution in [-0.2, 0) is 0 Å². The Morgan fingerprint density at radius 1 is 0.421 bits per heavy atom. The average molecular weight is 744 g/mol. The quantitative estimate of drug-likeness (QED) is 0.165. The molecule has 0 amide bonds. The number of benzene rings is 8. The zero-order chi connectivity index (χ0) is 37.5. The van der Waals surface area contributed by atoms with Crippen molar-refractivity contribution in [2.45, 2.75) is 0 Å². The Labute approximate surface area is 330 Å². The fourth-order valence-corrected chi connectivity index (χ4v) is 14.8. The topological polar surface area (TPSA) is 43.9 Å². The molecule has 0 bridgehead atoms. The minimum absolute atomic E-state index is 0.716. The lowest BCUT2D eigenvalue weighted by Gasteiger charge is -2.32. The Kier molecular flexibility index (Phi) is 6.91. The van der Waals surface area contributed by atoms with E-state index in [0.717, 1.165) is 66.6 Å². The molecule has 0 atom stereocenters. The summed E-state index contributed by atoms with van der Waals surface area (Å²) in [6, 6.07) is 72.0. The van der Waals surface area contributed by atoms with E-state index < -0.39 is 8.07 Å². The lowest BCUT2D eigenvalue weighted by atomic mass is 10.0. The first-order valence-electron chi connectivity index (χ1n) is 19.4. The Morgan fingerprint density at radius 2 is 1.00 bits per heavy atom. The van der Waals surface area contributed by atoms with Gasteiger partial charge in [-0.1, -0.05) is 170 Å². The van der Waals surface area contributed by atoms with Crippen LogP contribution in [0.3, 0.4) is 0 Å². The Balaban J connectivity index is 1.24. The molecule has 57 heavy (non-hydrogen) atoms. The summed E-state index contributed by atoms with van der Waals surface area (Å²) in [4.78, 5) is 11.3. The maximum Gasteiger partial charge on any atom is 0.185 e. The van der Waals surface area contributed by atoms with Gasteiger partial charge in [-0.15, -0.1) is 0 Å². The maximum atomic E-state index is 6.44. The van der Waals surface area contributed by atoms with Crippen LogP contribution in [-0.4, -0.2) is 22.6 Å². The second-order valence-electron chi connectivity index (χ2n) is 14.8. The summed E-state index contributed by atoms with van der Waals surface area (Å²) in [6.07, 6.45) is 0. The predicted octanol–water partition coefficient (Wildman–Crippen LogP) is 10.2. The second kappa shape index (κ2) is 12.3. The third-order valence-corrected chi connectivity index (χ3v) is 16.8. The second-order valence-corrected chi connectivity index (χ2v) is 18.5. The Hall–Kier alpha value is -7.34. The number of para-hydroxylation sites is 3. The summed E-state index contributed by atoms with van der Waals surface area (Å²) in [6.45, 7) is 0. The summed E-state index contributed by atoms with van der Waals surface area (Å²) in [7, 11) is -3.00. The van der Waals surface area contributed by atoms with Gasteiger partial charge in [0.1, 0.15) is 11.2 Å². The molecule has 8 aromatic carbocycles. The monoisotopic (exact) mass is 743 g/mol. The molecule has 3 aromatic heterocycles. The molecule has 0 spiro atoms. The molecule has 0 unspecified atom stereocenters. The zero-order valence-electron chi connectivity index (χ0n) is 30.8. The molecule has 0 radical (unpaired) electrons. The highest BCUT2D eigenvalue weighted by Crippen LogP contribution is 2.41. The van der Waals surface area contributed by atoms with Crippen molar-refractivity contribution in [2.75, 3.05) is 0 Å². The molecule has 12 rings (SSSR count). The van der Waals surface area contributed by atoms with Crippen LogP contribution in [0.5, 0.6) is 0 Å². The van der Waals surface area contributed by atoms with Crippen molar-refractivity contribution in [1.29, 1.82) is 0 Å². The van der Waals surface area contributed by atoms with Gasteiger partial charge in [0.15, 0.2) is 13.9 Å². The molecule has 0 aliphatic carbocycles. The van der Waals surface area contributed by atoms with E-state index in [-0.39, 0.29) is 0 Å². The van der Waals surface area contributed by atoms with Gasteiger partial charge in [-0.3, -0.25) is 0 Å². The number of aromatic nitrogens is 3. The van der Waals surface area contributed by atoms with E-state index in [2.05, 4.69) is 193 Å². The van der Waals surface area contributed by atoms with Gasteiger partial charge in [0, 0.05) is 43.4 Å². The van der Waals surface area contributed by atoms with Gasteiger partial charge in [0.25, 0.3) is 0 Å². The first-order chi connectivity index (χ1) is 28.3. The van der Waals surface area contributed by atoms with Gasteiger partial charge in [0.2, 0.25) is 0 Å². The fraction of sp³-hybridized carbons (Fsp3) is 0. The van der Waals surface area contributed by atoms with E-state index in [1.54, 1.807) is 0 Å². The van der Waals surface area contributed by atoms with Crippen molar-refractivity contribution < 1.29 is 4.42 Å². The minimum Gasteiger partial charge on any atom is -0.456 e. The van der Waals surface area contributed by atoms with Crippen LogP contribution in [0.4, 0.5) is 0 Å². The molecule has 0 saturated heterocycles. The van der Waals surface area contributed by atoms with Gasteiger partial charge in [-0.25, -0.2) is 9.97 Å². The van der Waals surface area contributed by atoms with E-state index in [0.29, 0.717) is 5.82 Å². The third kappa shape index (κ3) is 4.55. The van der Waals surface area contributed by atoms with Crippen LogP contribution in [0.1, 0.15) is 0 Å². The summed E-state index contributed by atoms with van der Waals surface area (Å²) < 4.78 is 8.88. The SMILES string of the molecule is c1ccc(-c2nc(-c3ccccc3-n3c4ccccc4c4cc5oc6ccccc6c5cc43)c3c(n2)-c2ccccc2[Si]3(c2ccccc2)c2ccccc2)cc1. The van der Waals surface area contributed by atoms with E-state index >= 15 is 0 Å². The van der Waals surface area contributed by atoms with Crippen LogP contribution < -0.4 is 20.7 Å². The molecule has 4 nitrogen and oxygen atoms in total. The standard InChI is InChI=1S/C52H33N3OSi/c1-4-18-34(19-5-1)52-53-49(51-50(54-52)40-27-13-17-31-48(40)57(51,35-20-6-2-7-21-35)36-22-8-3-9-23-36)39-26-11-15-29-44(39)55-43-28-14-10-24-37(43)41-33-47-42(32-45(41)55)38-25-12-16-30-46(38)56-47/h1-33H. The number of rotatable bonds is 5. The lowest BCUT2D eigenvalue weighted by Crippen LogP contribution is -2.73. The summed E-state index contributed by atoms with van der Waals surface area (Å²) in [5.41, 5.74) is 10.3. The Morgan fingerprint density at radius 3 is 1.75 bits per heavy atom. The number of hydrogen-bond acceptors (Lipinski definition) is 3. The van der Waals surface area contributed by atoms with Gasteiger partial charge in [-0.2, -0.15) is 0 Å². The first-order valence-corrected chi connectivity index (χ1v) is 21.4. The fourth-order valence-electron chi connectivity index (χ4n) is 9.53. The molecule has 0 N–H and O–H groups in total. The first kappa shape index (κ1) is 32.0. The minimum atomic E-state index is -3.00. The van der Waals surface area contributed by atoms with E-state index in [1.807, 2.05) is 12.1 Å². The van der Waals surface area contributed by atoms with Gasteiger partial charge in [-0.05, 0) is 45.9 Å². The average Bonchev–Trinajstić information content (AvgIpc) is 3.92. The summed E-state index contributed by atoms with van der Waals surface area (Å²) in [5, 5.41) is 9.70. The van der Waals surface area contributed by atoms with Crippen molar-refractivity contribution in [3.05, 3.63) is 200 Å². The van der Waals surface area contributed by atoms with E-state index in [9.17, 15) is 0 Å². The highest BCUT2D eigenvalue weighted by atomic mass is 28.3. The zero-order valence-corrected chi connectivity index (χ0v) is 31.8. The Bertz CT molecular complexity index is 3310. The van der Waals surface area contributed by atoms with Crippen molar-refractivity contribution in [1.82, 2.24) is 14.5 Å². The van der Waals surface area contributed by atoms with Gasteiger partial charge in [0.05, 0.1) is 28.1 Å². The van der Waals surface area contributed by atoms with Crippen LogP contribution in [0, 0.1) is 0 Å². The van der Waals surface area contributed by atoms with E-state index in [4.69, 9.17) is 14.4 Å². The van der Waals surface area contributed by atoms with Crippen molar-refractivity contribution in [3.63, 3.8) is 0 Å². The lowest BCUT2D eigenvalue weighted by molar-refractivity contribution is 0.669. The number of furan rings is 1. The molecule has 0 saturated carbocycles. The molecule has 0 fully saturated rings. The molecular formula is C52H33N3OSi. The number of fused-ring (bicyclic) bond motifs is 9. The van der Waals surface area contributed by atoms with E-state index in [1.165, 1.54) is 31.7 Å². The molecule has 1 aliphatic heterocycles. The largest absolute Gasteiger partial charge is 0.456 e. The summed E-state index contributed by atoms with van der Waals surface area (Å²) >= 11 is 0. The highest BCUT2D eigenvalue weighted by molar-refractivity contribution is 7.22. The third-order valence-electron chi connectivity index (χ3n) is 11.9. The highest BCUT2D eigenvalue weighted by Gasteiger charge is 2.51. The van der Waals surface area contributed by atoms with Crippen molar-refractivity contribution >= 4 is 72.6 Å². The summed E-state index contributed by atoms with van der Waals surface area (Å²) in [5.74, 6) is 0.716. The van der Waals surface area contributed by atoms with Crippen molar-refractivity contribution in [3.8, 4) is 39.6 Å². The molecule has 11 aromatic rings. The number of hydrogen-bond donors (Lipinski definition) is 0. The molecule has 266 valence electrons.